The number of hydrogen-bond acceptors (Lipinski definition) is 8. The molecular formula is C34H29Br2N3O5S. The standard InChI is InChI=1S/C34H29Br2N3O5S/c1-4-8-26-30(33(41)43-5-2)31(24-17-23(35)12-14-27(24)42-3)39-32(40)29(45-34(39)38-26)16-20-11-13-28(25(36)15-20)44-19-22-10-7-6-9-21(22)18-37/h6-7,9-17,31H,4-5,8,19H2,1-3H3/b29-16+/t31-/m1/s1. The number of halogens is 2. The summed E-state index contributed by atoms with van der Waals surface area (Å²) in [4.78, 5) is 32.9. The summed E-state index contributed by atoms with van der Waals surface area (Å²) < 4.78 is 20.7. The van der Waals surface area contributed by atoms with Gasteiger partial charge in [-0.3, -0.25) is 9.36 Å². The molecule has 1 aromatic heterocycles. The molecule has 3 aromatic carbocycles. The maximum Gasteiger partial charge on any atom is 0.338 e. The van der Waals surface area contributed by atoms with Gasteiger partial charge in [0.2, 0.25) is 0 Å². The monoisotopic (exact) mass is 749 g/mol. The van der Waals surface area contributed by atoms with E-state index in [0.717, 1.165) is 22.0 Å². The lowest BCUT2D eigenvalue weighted by Gasteiger charge is -2.27. The van der Waals surface area contributed by atoms with Crippen molar-refractivity contribution in [1.82, 2.24) is 4.57 Å². The van der Waals surface area contributed by atoms with Crippen molar-refractivity contribution in [3.05, 3.63) is 123 Å². The van der Waals surface area contributed by atoms with E-state index < -0.39 is 12.0 Å². The summed E-state index contributed by atoms with van der Waals surface area (Å²) in [5.41, 5.74) is 3.41. The molecule has 4 aromatic rings. The molecule has 0 saturated heterocycles. The zero-order valence-corrected chi connectivity index (χ0v) is 28.8. The first-order valence-electron chi connectivity index (χ1n) is 14.2. The maximum absolute atomic E-state index is 14.1. The molecule has 0 fully saturated rings. The third-order valence-corrected chi connectivity index (χ3v) is 9.25. The Morgan fingerprint density at radius 1 is 1.11 bits per heavy atom. The summed E-state index contributed by atoms with van der Waals surface area (Å²) in [7, 11) is 1.56. The van der Waals surface area contributed by atoms with Gasteiger partial charge in [-0.1, -0.05) is 64.9 Å². The molecule has 230 valence electrons. The van der Waals surface area contributed by atoms with Crippen LogP contribution in [-0.4, -0.2) is 24.3 Å². The lowest BCUT2D eigenvalue weighted by atomic mass is 9.93. The van der Waals surface area contributed by atoms with Gasteiger partial charge in [0, 0.05) is 15.6 Å². The number of benzene rings is 3. The molecule has 0 radical (unpaired) electrons. The fourth-order valence-electron chi connectivity index (χ4n) is 5.12. The van der Waals surface area contributed by atoms with Crippen LogP contribution < -0.4 is 24.4 Å². The summed E-state index contributed by atoms with van der Waals surface area (Å²) in [5, 5.41) is 9.37. The van der Waals surface area contributed by atoms with Gasteiger partial charge in [-0.05, 0) is 77.3 Å². The number of esters is 1. The molecule has 0 N–H and O–H groups in total. The molecule has 0 bridgehead atoms. The minimum atomic E-state index is -0.796. The molecule has 0 spiro atoms. The molecule has 11 heteroatoms. The van der Waals surface area contributed by atoms with Crippen molar-refractivity contribution in [1.29, 1.82) is 5.26 Å². The zero-order valence-electron chi connectivity index (χ0n) is 24.8. The van der Waals surface area contributed by atoms with Crippen LogP contribution in [0.1, 0.15) is 55.0 Å². The van der Waals surface area contributed by atoms with Crippen LogP contribution >= 0.6 is 43.2 Å². The third kappa shape index (κ3) is 6.83. The number of nitriles is 1. The topological polar surface area (TPSA) is 103 Å². The summed E-state index contributed by atoms with van der Waals surface area (Å²) in [6.45, 7) is 4.19. The minimum absolute atomic E-state index is 0.188. The van der Waals surface area contributed by atoms with Gasteiger partial charge in [-0.15, -0.1) is 0 Å². The van der Waals surface area contributed by atoms with Crippen molar-refractivity contribution in [2.45, 2.75) is 39.3 Å². The van der Waals surface area contributed by atoms with E-state index >= 15 is 0 Å². The van der Waals surface area contributed by atoms with Gasteiger partial charge in [0.05, 0.1) is 45.6 Å². The highest BCUT2D eigenvalue weighted by Crippen LogP contribution is 2.38. The van der Waals surface area contributed by atoms with Crippen molar-refractivity contribution in [2.75, 3.05) is 13.7 Å². The van der Waals surface area contributed by atoms with Gasteiger partial charge < -0.3 is 14.2 Å². The van der Waals surface area contributed by atoms with Crippen molar-refractivity contribution in [3.63, 3.8) is 0 Å². The molecule has 0 aliphatic carbocycles. The number of allylic oxidation sites excluding steroid dienone is 1. The second kappa shape index (κ2) is 14.4. The summed E-state index contributed by atoms with van der Waals surface area (Å²) in [5.74, 6) is 0.628. The van der Waals surface area contributed by atoms with Gasteiger partial charge >= 0.3 is 5.97 Å². The van der Waals surface area contributed by atoms with Crippen LogP contribution in [0.2, 0.25) is 0 Å². The third-order valence-electron chi connectivity index (χ3n) is 7.15. The lowest BCUT2D eigenvalue weighted by Crippen LogP contribution is -2.40. The van der Waals surface area contributed by atoms with Crippen LogP contribution in [0, 0.1) is 11.3 Å². The highest BCUT2D eigenvalue weighted by Gasteiger charge is 2.36. The SMILES string of the molecule is CCCC1=C(C(=O)OCC)[C@@H](c2cc(Br)ccc2OC)n2c(s/c(=C/c3ccc(OCc4ccccc4C#N)c(Br)c3)c2=O)=N1. The molecule has 2 heterocycles. The number of thiazole rings is 1. The van der Waals surface area contributed by atoms with Gasteiger partial charge in [-0.2, -0.15) is 5.26 Å². The number of fused-ring (bicyclic) bond motifs is 1. The predicted molar refractivity (Wildman–Crippen MR) is 180 cm³/mol. The summed E-state index contributed by atoms with van der Waals surface area (Å²) in [6, 6.07) is 19.7. The number of ether oxygens (including phenoxy) is 3. The van der Waals surface area contributed by atoms with E-state index in [9.17, 15) is 14.9 Å². The molecule has 0 saturated carbocycles. The number of carbonyl (C=O) groups excluding carboxylic acids is 1. The Hall–Kier alpha value is -3.98. The maximum atomic E-state index is 14.1. The molecule has 8 nitrogen and oxygen atoms in total. The second-order valence-electron chi connectivity index (χ2n) is 10.0. The minimum Gasteiger partial charge on any atom is -0.496 e. The van der Waals surface area contributed by atoms with Crippen molar-refractivity contribution in [2.24, 2.45) is 4.99 Å². The number of rotatable bonds is 10. The van der Waals surface area contributed by atoms with E-state index in [2.05, 4.69) is 37.9 Å². The first-order valence-corrected chi connectivity index (χ1v) is 16.7. The number of methoxy groups -OCH3 is 1. The van der Waals surface area contributed by atoms with Crippen molar-refractivity contribution in [3.8, 4) is 17.6 Å². The van der Waals surface area contributed by atoms with E-state index in [-0.39, 0.29) is 18.8 Å². The number of carbonyl (C=O) groups is 1. The molecule has 1 atom stereocenters. The van der Waals surface area contributed by atoms with Crippen LogP contribution in [-0.2, 0) is 16.1 Å². The first kappa shape index (κ1) is 32.4. The number of hydrogen-bond donors (Lipinski definition) is 0. The molecular weight excluding hydrogens is 722 g/mol. The van der Waals surface area contributed by atoms with Gasteiger partial charge in [-0.25, -0.2) is 9.79 Å². The number of nitrogens with zero attached hydrogens (tertiary/aromatic N) is 3. The van der Waals surface area contributed by atoms with E-state index in [1.165, 1.54) is 11.3 Å². The van der Waals surface area contributed by atoms with Crippen LogP contribution in [0.4, 0.5) is 0 Å². The van der Waals surface area contributed by atoms with Crippen molar-refractivity contribution >= 4 is 55.2 Å². The second-order valence-corrected chi connectivity index (χ2v) is 12.8. The van der Waals surface area contributed by atoms with E-state index in [0.29, 0.717) is 54.1 Å². The van der Waals surface area contributed by atoms with Gasteiger partial charge in [0.15, 0.2) is 4.80 Å². The zero-order chi connectivity index (χ0) is 32.1. The van der Waals surface area contributed by atoms with E-state index in [1.54, 1.807) is 36.8 Å². The van der Waals surface area contributed by atoms with Gasteiger partial charge in [0.1, 0.15) is 24.1 Å². The van der Waals surface area contributed by atoms with Crippen molar-refractivity contribution < 1.29 is 19.0 Å². The average molecular weight is 751 g/mol. The van der Waals surface area contributed by atoms with E-state index in [4.69, 9.17) is 19.2 Å². The number of aromatic nitrogens is 1. The predicted octanol–water partition coefficient (Wildman–Crippen LogP) is 6.56. The van der Waals surface area contributed by atoms with Crippen LogP contribution in [0.5, 0.6) is 11.5 Å². The fourth-order valence-corrected chi connectivity index (χ4v) is 7.03. The van der Waals surface area contributed by atoms with Crippen LogP contribution in [0.15, 0.2) is 90.7 Å². The molecule has 1 aliphatic heterocycles. The summed E-state index contributed by atoms with van der Waals surface area (Å²) >= 11 is 8.40. The molecule has 0 amide bonds. The Kier molecular flexibility index (Phi) is 10.4. The van der Waals surface area contributed by atoms with Gasteiger partial charge in [0.25, 0.3) is 5.56 Å². The Morgan fingerprint density at radius 3 is 2.60 bits per heavy atom. The Bertz CT molecular complexity index is 2030. The Labute approximate surface area is 281 Å². The molecule has 5 rings (SSSR count). The molecule has 45 heavy (non-hydrogen) atoms. The van der Waals surface area contributed by atoms with Crippen LogP contribution in [0.25, 0.3) is 6.08 Å². The largest absolute Gasteiger partial charge is 0.496 e. The Morgan fingerprint density at radius 2 is 1.89 bits per heavy atom. The molecule has 1 aliphatic rings. The highest BCUT2D eigenvalue weighted by molar-refractivity contribution is 9.10. The lowest BCUT2D eigenvalue weighted by molar-refractivity contribution is -0.139. The Balaban J connectivity index is 1.60. The fraction of sp³-hybridized carbons (Fsp3) is 0.235. The van der Waals surface area contributed by atoms with E-state index in [1.807, 2.05) is 55.5 Å². The smallest absolute Gasteiger partial charge is 0.338 e. The normalized spacial score (nSPS) is 14.4. The van der Waals surface area contributed by atoms with Crippen LogP contribution in [0.3, 0.4) is 0 Å². The molecule has 0 unspecified atom stereocenters. The average Bonchev–Trinajstić information content (AvgIpc) is 3.34. The summed E-state index contributed by atoms with van der Waals surface area (Å²) in [6.07, 6.45) is 3.09. The first-order chi connectivity index (χ1) is 21.8. The highest BCUT2D eigenvalue weighted by atomic mass is 79.9. The quantitative estimate of drug-likeness (QED) is 0.170.